The number of carbonyl (C=O) groups excluding carboxylic acids is 2. The van der Waals surface area contributed by atoms with Crippen molar-refractivity contribution in [3.63, 3.8) is 0 Å². The van der Waals surface area contributed by atoms with Crippen LogP contribution < -0.4 is 10.1 Å². The van der Waals surface area contributed by atoms with Crippen LogP contribution in [0, 0.1) is 0 Å². The van der Waals surface area contributed by atoms with Crippen LogP contribution in [-0.4, -0.2) is 48.9 Å². The maximum Gasteiger partial charge on any atom is 0.251 e. The van der Waals surface area contributed by atoms with Crippen molar-refractivity contribution in [2.24, 2.45) is 0 Å². The quantitative estimate of drug-likeness (QED) is 0.710. The minimum absolute atomic E-state index is 0.106. The van der Waals surface area contributed by atoms with Crippen molar-refractivity contribution in [1.82, 2.24) is 15.2 Å². The largest absolute Gasteiger partial charge is 0.497 e. The summed E-state index contributed by atoms with van der Waals surface area (Å²) in [5.41, 5.74) is 3.26. The van der Waals surface area contributed by atoms with E-state index in [1.807, 2.05) is 59.5 Å². The van der Waals surface area contributed by atoms with E-state index < -0.39 is 0 Å². The Morgan fingerprint density at radius 1 is 1.17 bits per heavy atom. The molecule has 6 nitrogen and oxygen atoms in total. The fourth-order valence-corrected chi connectivity index (χ4v) is 3.99. The number of rotatable bonds is 5. The second kappa shape index (κ2) is 8.53. The number of methoxy groups -OCH3 is 1. The smallest absolute Gasteiger partial charge is 0.251 e. The SMILES string of the molecule is CNC(=O)c1cc(C2CCN(C(=O)Cc3ccc(OC)cc3)C2)nc2ccccc12. The third kappa shape index (κ3) is 3.99. The molecule has 0 bridgehead atoms. The highest BCUT2D eigenvalue weighted by molar-refractivity contribution is 6.06. The Balaban J connectivity index is 1.51. The lowest BCUT2D eigenvalue weighted by molar-refractivity contribution is -0.129. The summed E-state index contributed by atoms with van der Waals surface area (Å²) < 4.78 is 5.17. The predicted molar refractivity (Wildman–Crippen MR) is 116 cm³/mol. The molecule has 1 aliphatic rings. The second-order valence-electron chi connectivity index (χ2n) is 7.54. The number of nitrogens with zero attached hydrogens (tertiary/aromatic N) is 2. The van der Waals surface area contributed by atoms with Crippen molar-refractivity contribution < 1.29 is 14.3 Å². The number of hydrogen-bond donors (Lipinski definition) is 1. The van der Waals surface area contributed by atoms with Gasteiger partial charge in [-0.05, 0) is 36.2 Å². The average Bonchev–Trinajstić information content (AvgIpc) is 3.29. The fourth-order valence-electron chi connectivity index (χ4n) is 3.99. The number of ether oxygens (including phenoxy) is 1. The number of amides is 2. The third-order valence-electron chi connectivity index (χ3n) is 5.68. The maximum absolute atomic E-state index is 12.8. The molecule has 1 N–H and O–H groups in total. The summed E-state index contributed by atoms with van der Waals surface area (Å²) in [6.07, 6.45) is 1.21. The number of aromatic nitrogens is 1. The number of para-hydroxylation sites is 1. The Bertz CT molecular complexity index is 1080. The van der Waals surface area contributed by atoms with Gasteiger partial charge in [-0.15, -0.1) is 0 Å². The summed E-state index contributed by atoms with van der Waals surface area (Å²) in [7, 11) is 3.26. The van der Waals surface area contributed by atoms with Crippen LogP contribution >= 0.6 is 0 Å². The first-order valence-electron chi connectivity index (χ1n) is 10.1. The van der Waals surface area contributed by atoms with Crippen molar-refractivity contribution in [2.45, 2.75) is 18.8 Å². The van der Waals surface area contributed by atoms with E-state index in [0.717, 1.165) is 34.3 Å². The first-order chi connectivity index (χ1) is 14.6. The molecule has 2 amide bonds. The van der Waals surface area contributed by atoms with E-state index in [0.29, 0.717) is 25.1 Å². The van der Waals surface area contributed by atoms with E-state index in [-0.39, 0.29) is 17.7 Å². The molecule has 0 spiro atoms. The van der Waals surface area contributed by atoms with Gasteiger partial charge in [-0.25, -0.2) is 0 Å². The van der Waals surface area contributed by atoms with Crippen molar-refractivity contribution in [1.29, 1.82) is 0 Å². The van der Waals surface area contributed by atoms with E-state index in [1.54, 1.807) is 14.2 Å². The molecule has 4 rings (SSSR count). The van der Waals surface area contributed by atoms with E-state index in [4.69, 9.17) is 9.72 Å². The van der Waals surface area contributed by atoms with Gasteiger partial charge in [0.15, 0.2) is 0 Å². The highest BCUT2D eigenvalue weighted by Crippen LogP contribution is 2.29. The van der Waals surface area contributed by atoms with Crippen molar-refractivity contribution in [3.05, 3.63) is 71.4 Å². The van der Waals surface area contributed by atoms with Crippen molar-refractivity contribution in [3.8, 4) is 5.75 Å². The van der Waals surface area contributed by atoms with Crippen LogP contribution in [-0.2, 0) is 11.2 Å². The molecule has 1 atom stereocenters. The van der Waals surface area contributed by atoms with Crippen LogP contribution in [0.2, 0.25) is 0 Å². The third-order valence-corrected chi connectivity index (χ3v) is 5.68. The van der Waals surface area contributed by atoms with Gasteiger partial charge in [0, 0.05) is 37.1 Å². The summed E-state index contributed by atoms with van der Waals surface area (Å²) in [5, 5.41) is 3.55. The molecule has 0 saturated carbocycles. The number of carbonyl (C=O) groups is 2. The first kappa shape index (κ1) is 19.9. The van der Waals surface area contributed by atoms with Crippen molar-refractivity contribution >= 4 is 22.7 Å². The molecule has 6 heteroatoms. The molecule has 0 aliphatic carbocycles. The minimum Gasteiger partial charge on any atom is -0.497 e. The Morgan fingerprint density at radius 3 is 2.67 bits per heavy atom. The molecular formula is C24H25N3O3. The molecule has 2 heterocycles. The van der Waals surface area contributed by atoms with Gasteiger partial charge in [0.05, 0.1) is 24.6 Å². The van der Waals surface area contributed by atoms with Crippen molar-refractivity contribution in [2.75, 3.05) is 27.2 Å². The molecule has 0 radical (unpaired) electrons. The van der Waals surface area contributed by atoms with Crippen LogP contribution in [0.4, 0.5) is 0 Å². The minimum atomic E-state index is -0.125. The fraction of sp³-hybridized carbons (Fsp3) is 0.292. The normalized spacial score (nSPS) is 15.9. The van der Waals surface area contributed by atoms with Gasteiger partial charge < -0.3 is 15.0 Å². The zero-order valence-electron chi connectivity index (χ0n) is 17.2. The molecular weight excluding hydrogens is 378 g/mol. The number of hydrogen-bond acceptors (Lipinski definition) is 4. The number of nitrogens with one attached hydrogen (secondary N) is 1. The van der Waals surface area contributed by atoms with E-state index >= 15 is 0 Å². The van der Waals surface area contributed by atoms with Gasteiger partial charge in [-0.2, -0.15) is 0 Å². The van der Waals surface area contributed by atoms with Crippen LogP contribution in [0.1, 0.15) is 34.0 Å². The van der Waals surface area contributed by atoms with Gasteiger partial charge >= 0.3 is 0 Å². The summed E-state index contributed by atoms with van der Waals surface area (Å²) in [6, 6.07) is 17.1. The Hall–Kier alpha value is -3.41. The van der Waals surface area contributed by atoms with Gasteiger partial charge in [-0.1, -0.05) is 30.3 Å². The second-order valence-corrected chi connectivity index (χ2v) is 7.54. The van der Waals surface area contributed by atoms with E-state index in [9.17, 15) is 9.59 Å². The molecule has 1 aliphatic heterocycles. The Morgan fingerprint density at radius 2 is 1.93 bits per heavy atom. The number of pyridine rings is 1. The zero-order chi connectivity index (χ0) is 21.1. The van der Waals surface area contributed by atoms with Crippen LogP contribution in [0.5, 0.6) is 5.75 Å². The highest BCUT2D eigenvalue weighted by atomic mass is 16.5. The van der Waals surface area contributed by atoms with Gasteiger partial charge in [0.1, 0.15) is 5.75 Å². The molecule has 1 fully saturated rings. The molecule has 1 aromatic heterocycles. The summed E-state index contributed by atoms with van der Waals surface area (Å²) in [5.74, 6) is 0.884. The molecule has 3 aromatic rings. The molecule has 154 valence electrons. The summed E-state index contributed by atoms with van der Waals surface area (Å²) in [6.45, 7) is 1.32. The predicted octanol–water partition coefficient (Wildman–Crippen LogP) is 3.16. The average molecular weight is 403 g/mol. The number of likely N-dealkylation sites (tertiary alicyclic amines) is 1. The molecule has 30 heavy (non-hydrogen) atoms. The van der Waals surface area contributed by atoms with Gasteiger partial charge in [-0.3, -0.25) is 14.6 Å². The monoisotopic (exact) mass is 403 g/mol. The first-order valence-corrected chi connectivity index (χ1v) is 10.1. The Kier molecular flexibility index (Phi) is 5.65. The maximum atomic E-state index is 12.8. The van der Waals surface area contributed by atoms with Crippen LogP contribution in [0.15, 0.2) is 54.6 Å². The van der Waals surface area contributed by atoms with E-state index in [2.05, 4.69) is 5.32 Å². The lowest BCUT2D eigenvalue weighted by Gasteiger charge is -2.17. The Labute approximate surface area is 175 Å². The van der Waals surface area contributed by atoms with Crippen LogP contribution in [0.3, 0.4) is 0 Å². The lowest BCUT2D eigenvalue weighted by Crippen LogP contribution is -2.30. The van der Waals surface area contributed by atoms with Gasteiger partial charge in [0.2, 0.25) is 5.91 Å². The number of benzene rings is 2. The summed E-state index contributed by atoms with van der Waals surface area (Å²) in [4.78, 5) is 31.9. The highest BCUT2D eigenvalue weighted by Gasteiger charge is 2.29. The van der Waals surface area contributed by atoms with E-state index in [1.165, 1.54) is 0 Å². The molecule has 2 aromatic carbocycles. The van der Waals surface area contributed by atoms with Crippen LogP contribution in [0.25, 0.3) is 10.9 Å². The molecule has 1 saturated heterocycles. The lowest BCUT2D eigenvalue weighted by atomic mass is 9.99. The standard InChI is InChI=1S/C24H25N3O3/c1-25-24(29)20-14-22(26-21-6-4-3-5-19(20)21)17-11-12-27(15-17)23(28)13-16-7-9-18(30-2)10-8-16/h3-10,14,17H,11-13,15H2,1-2H3,(H,25,29). The summed E-state index contributed by atoms with van der Waals surface area (Å²) >= 11 is 0. The van der Waals surface area contributed by atoms with Gasteiger partial charge in [0.25, 0.3) is 5.91 Å². The topological polar surface area (TPSA) is 71.5 Å². The number of fused-ring (bicyclic) bond motifs is 1. The zero-order valence-corrected chi connectivity index (χ0v) is 17.2. The molecule has 1 unspecified atom stereocenters.